The van der Waals surface area contributed by atoms with Crippen LogP contribution in [0.3, 0.4) is 0 Å². The third kappa shape index (κ3) is 4.74. The Morgan fingerprint density at radius 2 is 2.24 bits per heavy atom. The Balaban J connectivity index is 1.58. The normalized spacial score (nSPS) is 23.8. The van der Waals surface area contributed by atoms with Crippen LogP contribution < -0.4 is 10.6 Å². The van der Waals surface area contributed by atoms with Crippen LogP contribution in [0, 0.1) is 0 Å². The Hall–Kier alpha value is -1.58. The third-order valence-electron chi connectivity index (χ3n) is 4.00. The van der Waals surface area contributed by atoms with Crippen LogP contribution in [0.2, 0.25) is 0 Å². The molecule has 2 aliphatic rings. The molecule has 1 saturated heterocycles. The molecule has 7 nitrogen and oxygen atoms in total. The largest absolute Gasteiger partial charge is 0.385 e. The number of benzene rings is 1. The molecule has 0 unspecified atom stereocenters. The molecule has 3 rings (SSSR count). The number of nitrogens with zero attached hydrogens (tertiary/aromatic N) is 1. The SMILES string of the molecule is COCCCNC(=O)c1cccc(NC2=N[C@@H]3CS(=O)(=O)C[C@H]3S2)c1. The number of anilines is 1. The van der Waals surface area contributed by atoms with E-state index in [9.17, 15) is 13.2 Å². The summed E-state index contributed by atoms with van der Waals surface area (Å²) in [6.45, 7) is 1.17. The Kier molecular flexibility index (Phi) is 5.65. The molecule has 0 aromatic heterocycles. The number of hydrogen-bond donors (Lipinski definition) is 2. The van der Waals surface area contributed by atoms with Gasteiger partial charge in [0.25, 0.3) is 5.91 Å². The molecule has 1 aromatic carbocycles. The van der Waals surface area contributed by atoms with Crippen LogP contribution in [0.4, 0.5) is 5.69 Å². The maximum Gasteiger partial charge on any atom is 0.251 e. The van der Waals surface area contributed by atoms with Crippen LogP contribution in [-0.2, 0) is 14.6 Å². The molecule has 25 heavy (non-hydrogen) atoms. The number of amidine groups is 1. The molecule has 0 aliphatic carbocycles. The summed E-state index contributed by atoms with van der Waals surface area (Å²) in [7, 11) is -1.32. The molecule has 2 heterocycles. The highest BCUT2D eigenvalue weighted by molar-refractivity contribution is 8.15. The lowest BCUT2D eigenvalue weighted by molar-refractivity contribution is 0.0948. The van der Waals surface area contributed by atoms with Gasteiger partial charge in [0, 0.05) is 36.8 Å². The molecule has 1 fully saturated rings. The molecule has 0 radical (unpaired) electrons. The van der Waals surface area contributed by atoms with E-state index in [4.69, 9.17) is 4.74 Å². The summed E-state index contributed by atoms with van der Waals surface area (Å²) >= 11 is 1.46. The van der Waals surface area contributed by atoms with Gasteiger partial charge in [-0.05, 0) is 24.6 Å². The first kappa shape index (κ1) is 18.2. The minimum Gasteiger partial charge on any atom is -0.385 e. The fourth-order valence-electron chi connectivity index (χ4n) is 2.80. The topological polar surface area (TPSA) is 96.9 Å². The number of sulfone groups is 1. The number of fused-ring (bicyclic) bond motifs is 1. The highest BCUT2D eigenvalue weighted by Gasteiger charge is 2.42. The second-order valence-corrected chi connectivity index (χ2v) is 9.42. The maximum atomic E-state index is 12.1. The predicted octanol–water partition coefficient (Wildman–Crippen LogP) is 1.13. The lowest BCUT2D eigenvalue weighted by Crippen LogP contribution is -2.25. The van der Waals surface area contributed by atoms with E-state index < -0.39 is 9.84 Å². The number of rotatable bonds is 6. The van der Waals surface area contributed by atoms with E-state index in [1.54, 1.807) is 25.3 Å². The van der Waals surface area contributed by atoms with Crippen molar-refractivity contribution in [2.24, 2.45) is 4.99 Å². The number of methoxy groups -OCH3 is 1. The predicted molar refractivity (Wildman–Crippen MR) is 100 cm³/mol. The molecule has 0 saturated carbocycles. The standard InChI is InChI=1S/C16H21N3O4S2/c1-23-7-3-6-17-15(20)11-4-2-5-12(8-11)18-16-19-13-9-25(21,22)10-14(13)24-16/h2,4-5,8,13-14H,3,6-7,9-10H2,1H3,(H,17,20)(H,18,19)/t13-,14-/m1/s1. The van der Waals surface area contributed by atoms with Crippen molar-refractivity contribution in [3.63, 3.8) is 0 Å². The van der Waals surface area contributed by atoms with Crippen LogP contribution in [-0.4, -0.2) is 62.6 Å². The second-order valence-electron chi connectivity index (χ2n) is 6.04. The summed E-state index contributed by atoms with van der Waals surface area (Å²) in [6.07, 6.45) is 0.763. The second kappa shape index (κ2) is 7.76. The van der Waals surface area contributed by atoms with Gasteiger partial charge in [-0.15, -0.1) is 0 Å². The monoisotopic (exact) mass is 383 g/mol. The summed E-state index contributed by atoms with van der Waals surface area (Å²) < 4.78 is 28.2. The van der Waals surface area contributed by atoms with E-state index >= 15 is 0 Å². The van der Waals surface area contributed by atoms with Gasteiger partial charge in [-0.2, -0.15) is 0 Å². The average Bonchev–Trinajstić information content (AvgIpc) is 3.04. The Morgan fingerprint density at radius 1 is 1.40 bits per heavy atom. The van der Waals surface area contributed by atoms with Crippen molar-refractivity contribution in [1.82, 2.24) is 5.32 Å². The summed E-state index contributed by atoms with van der Waals surface area (Å²) in [6, 6.07) is 7.01. The van der Waals surface area contributed by atoms with E-state index in [-0.39, 0.29) is 28.7 Å². The molecule has 0 spiro atoms. The first-order valence-corrected chi connectivity index (χ1v) is 10.8. The van der Waals surface area contributed by atoms with Crippen molar-refractivity contribution in [2.45, 2.75) is 17.7 Å². The Morgan fingerprint density at radius 3 is 3.00 bits per heavy atom. The molecule has 0 bridgehead atoms. The number of nitrogens with one attached hydrogen (secondary N) is 2. The summed E-state index contributed by atoms with van der Waals surface area (Å²) in [4.78, 5) is 16.6. The van der Waals surface area contributed by atoms with E-state index in [1.807, 2.05) is 6.07 Å². The number of carbonyl (C=O) groups is 1. The summed E-state index contributed by atoms with van der Waals surface area (Å²) in [5, 5.41) is 6.74. The van der Waals surface area contributed by atoms with Crippen LogP contribution in [0.5, 0.6) is 0 Å². The molecule has 2 N–H and O–H groups in total. The zero-order valence-corrected chi connectivity index (χ0v) is 15.5. The average molecular weight is 383 g/mol. The van der Waals surface area contributed by atoms with Gasteiger partial charge in [0.05, 0.1) is 17.5 Å². The van der Waals surface area contributed by atoms with E-state index in [0.717, 1.165) is 12.1 Å². The molecule has 136 valence electrons. The first-order valence-electron chi connectivity index (χ1n) is 8.06. The van der Waals surface area contributed by atoms with Gasteiger partial charge in [-0.3, -0.25) is 9.79 Å². The molecular formula is C16H21N3O4S2. The molecule has 1 aromatic rings. The van der Waals surface area contributed by atoms with E-state index in [0.29, 0.717) is 23.9 Å². The summed E-state index contributed by atoms with van der Waals surface area (Å²) in [5.74, 6) is 0.171. The van der Waals surface area contributed by atoms with Gasteiger partial charge in [0.2, 0.25) is 0 Å². The van der Waals surface area contributed by atoms with Crippen LogP contribution in [0.15, 0.2) is 29.3 Å². The number of carbonyl (C=O) groups excluding carboxylic acids is 1. The van der Waals surface area contributed by atoms with Gasteiger partial charge >= 0.3 is 0 Å². The van der Waals surface area contributed by atoms with Crippen LogP contribution >= 0.6 is 11.8 Å². The van der Waals surface area contributed by atoms with Gasteiger partial charge < -0.3 is 15.4 Å². The van der Waals surface area contributed by atoms with Crippen molar-refractivity contribution >= 4 is 38.4 Å². The van der Waals surface area contributed by atoms with Gasteiger partial charge in [-0.1, -0.05) is 17.8 Å². The highest BCUT2D eigenvalue weighted by atomic mass is 32.2. The van der Waals surface area contributed by atoms with Gasteiger partial charge in [0.15, 0.2) is 15.0 Å². The third-order valence-corrected chi connectivity index (χ3v) is 7.15. The van der Waals surface area contributed by atoms with Crippen molar-refractivity contribution < 1.29 is 17.9 Å². The van der Waals surface area contributed by atoms with Crippen molar-refractivity contribution in [3.05, 3.63) is 29.8 Å². The molecule has 1 amide bonds. The van der Waals surface area contributed by atoms with Crippen molar-refractivity contribution in [3.8, 4) is 0 Å². The van der Waals surface area contributed by atoms with Crippen LogP contribution in [0.1, 0.15) is 16.8 Å². The van der Waals surface area contributed by atoms with Crippen molar-refractivity contribution in [2.75, 3.05) is 37.1 Å². The van der Waals surface area contributed by atoms with Crippen LogP contribution in [0.25, 0.3) is 0 Å². The van der Waals surface area contributed by atoms with Gasteiger partial charge in [0.1, 0.15) is 0 Å². The summed E-state index contributed by atoms with van der Waals surface area (Å²) in [5.41, 5.74) is 1.33. The molecule has 2 aliphatic heterocycles. The number of amides is 1. The molecule has 2 atom stereocenters. The lowest BCUT2D eigenvalue weighted by Gasteiger charge is -2.09. The first-order chi connectivity index (χ1) is 12.0. The van der Waals surface area contributed by atoms with Crippen molar-refractivity contribution in [1.29, 1.82) is 0 Å². The number of hydrogen-bond acceptors (Lipinski definition) is 7. The lowest BCUT2D eigenvalue weighted by atomic mass is 10.2. The van der Waals surface area contributed by atoms with Gasteiger partial charge in [-0.25, -0.2) is 8.42 Å². The number of thioether (sulfide) groups is 1. The minimum atomic E-state index is -2.95. The van der Waals surface area contributed by atoms with E-state index in [2.05, 4.69) is 15.6 Å². The maximum absolute atomic E-state index is 12.1. The van der Waals surface area contributed by atoms with E-state index in [1.165, 1.54) is 11.8 Å². The minimum absolute atomic E-state index is 0.000217. The zero-order valence-electron chi connectivity index (χ0n) is 13.9. The smallest absolute Gasteiger partial charge is 0.251 e. The fraction of sp³-hybridized carbons (Fsp3) is 0.500. The number of aliphatic imine (C=N–C) groups is 1. The highest BCUT2D eigenvalue weighted by Crippen LogP contribution is 2.34. The molecule has 9 heteroatoms. The Bertz CT molecular complexity index is 779. The fourth-order valence-corrected chi connectivity index (χ4v) is 6.47. The Labute approximate surface area is 151 Å². The zero-order chi connectivity index (χ0) is 17.9. The number of ether oxygens (including phenoxy) is 1. The molecular weight excluding hydrogens is 362 g/mol. The quantitative estimate of drug-likeness (QED) is 0.715.